The van der Waals surface area contributed by atoms with Crippen LogP contribution < -0.4 is 5.73 Å². The summed E-state index contributed by atoms with van der Waals surface area (Å²) in [6, 6.07) is -0.825. The molecule has 1 heterocycles. The third kappa shape index (κ3) is 3.25. The fourth-order valence-electron chi connectivity index (χ4n) is 2.95. The molecule has 2 fully saturated rings. The molecule has 1 atom stereocenters. The van der Waals surface area contributed by atoms with Gasteiger partial charge in [-0.1, -0.05) is 0 Å². The molecule has 1 unspecified atom stereocenters. The van der Waals surface area contributed by atoms with Gasteiger partial charge in [-0.2, -0.15) is 0 Å². The van der Waals surface area contributed by atoms with Gasteiger partial charge in [0.05, 0.1) is 13.2 Å². The van der Waals surface area contributed by atoms with Crippen molar-refractivity contribution in [3.63, 3.8) is 0 Å². The first-order valence-corrected chi connectivity index (χ1v) is 6.94. The van der Waals surface area contributed by atoms with Crippen molar-refractivity contribution in [2.24, 2.45) is 17.6 Å². The minimum absolute atomic E-state index is 0.0221. The van der Waals surface area contributed by atoms with Gasteiger partial charge in [0.25, 0.3) is 0 Å². The summed E-state index contributed by atoms with van der Waals surface area (Å²) in [5.74, 6) is -0.526. The van der Waals surface area contributed by atoms with Crippen LogP contribution in [0.25, 0.3) is 0 Å². The normalized spacial score (nSPS) is 32.1. The number of carboxylic acid groups (broad SMARTS) is 1. The first-order valence-electron chi connectivity index (χ1n) is 6.94. The Labute approximate surface area is 112 Å². The molecular weight excluding hydrogens is 248 g/mol. The summed E-state index contributed by atoms with van der Waals surface area (Å²) in [5, 5.41) is 9.15. The summed E-state index contributed by atoms with van der Waals surface area (Å²) in [7, 11) is 0. The van der Waals surface area contributed by atoms with E-state index in [0.717, 1.165) is 25.7 Å². The number of hydrogen-bond donors (Lipinski definition) is 2. The molecule has 108 valence electrons. The van der Waals surface area contributed by atoms with E-state index in [4.69, 9.17) is 15.6 Å². The van der Waals surface area contributed by atoms with Gasteiger partial charge in [-0.25, -0.2) is 4.79 Å². The fourth-order valence-corrected chi connectivity index (χ4v) is 2.95. The molecule has 1 aliphatic carbocycles. The number of carboxylic acids is 1. The van der Waals surface area contributed by atoms with Gasteiger partial charge in [-0.3, -0.25) is 4.79 Å². The molecule has 6 nitrogen and oxygen atoms in total. The quantitative estimate of drug-likeness (QED) is 0.756. The second kappa shape index (κ2) is 6.34. The molecule has 1 aliphatic heterocycles. The number of carbonyl (C=O) groups is 2. The number of ether oxygens (including phenoxy) is 1. The first kappa shape index (κ1) is 14.3. The summed E-state index contributed by atoms with van der Waals surface area (Å²) in [6.45, 7) is 1.58. The number of nitrogens with two attached hydrogens (primary N) is 1. The Bertz CT molecular complexity index is 340. The Balaban J connectivity index is 1.96. The number of aliphatic carboxylic acids is 1. The predicted molar refractivity (Wildman–Crippen MR) is 68.5 cm³/mol. The highest BCUT2D eigenvalue weighted by Gasteiger charge is 2.37. The second-order valence-corrected chi connectivity index (χ2v) is 5.41. The number of amides is 1. The van der Waals surface area contributed by atoms with Crippen molar-refractivity contribution in [3.8, 4) is 0 Å². The molecular formula is C13H22N2O4. The predicted octanol–water partition coefficient (Wildman–Crippen LogP) is 0.0635. The zero-order valence-corrected chi connectivity index (χ0v) is 11.1. The van der Waals surface area contributed by atoms with Crippen molar-refractivity contribution >= 4 is 11.9 Å². The molecule has 1 amide bonds. The minimum atomic E-state index is -0.983. The van der Waals surface area contributed by atoms with Crippen LogP contribution >= 0.6 is 0 Å². The maximum Gasteiger partial charge on any atom is 0.328 e. The van der Waals surface area contributed by atoms with Crippen LogP contribution in [0.3, 0.4) is 0 Å². The number of rotatable bonds is 3. The lowest BCUT2D eigenvalue weighted by Crippen LogP contribution is -2.54. The van der Waals surface area contributed by atoms with E-state index < -0.39 is 12.0 Å². The van der Waals surface area contributed by atoms with E-state index >= 15 is 0 Å². The molecule has 0 aromatic carbocycles. The molecule has 1 saturated heterocycles. The lowest BCUT2D eigenvalue weighted by Gasteiger charge is -2.37. The lowest BCUT2D eigenvalue weighted by molar-refractivity contribution is -0.160. The monoisotopic (exact) mass is 270 g/mol. The van der Waals surface area contributed by atoms with Gasteiger partial charge in [0.1, 0.15) is 0 Å². The van der Waals surface area contributed by atoms with Crippen LogP contribution in [0.2, 0.25) is 0 Å². The minimum Gasteiger partial charge on any atom is -0.480 e. The molecule has 0 aromatic rings. The Morgan fingerprint density at radius 3 is 2.53 bits per heavy atom. The molecule has 0 aromatic heterocycles. The van der Waals surface area contributed by atoms with E-state index in [1.54, 1.807) is 0 Å². The molecule has 19 heavy (non-hydrogen) atoms. The molecule has 1 saturated carbocycles. The van der Waals surface area contributed by atoms with Gasteiger partial charge in [-0.05, 0) is 38.1 Å². The molecule has 2 aliphatic rings. The number of nitrogens with zero attached hydrogens (tertiary/aromatic N) is 1. The van der Waals surface area contributed by atoms with E-state index in [2.05, 4.69) is 0 Å². The average Bonchev–Trinajstić information content (AvgIpc) is 2.46. The van der Waals surface area contributed by atoms with Gasteiger partial charge < -0.3 is 20.5 Å². The third-order valence-corrected chi connectivity index (χ3v) is 4.23. The van der Waals surface area contributed by atoms with Crippen molar-refractivity contribution < 1.29 is 19.4 Å². The molecule has 0 spiro atoms. The maximum absolute atomic E-state index is 12.4. The highest BCUT2D eigenvalue weighted by molar-refractivity contribution is 5.85. The lowest BCUT2D eigenvalue weighted by atomic mass is 9.81. The van der Waals surface area contributed by atoms with Crippen LogP contribution in [-0.2, 0) is 14.3 Å². The summed E-state index contributed by atoms with van der Waals surface area (Å²) in [6.07, 6.45) is 3.58. The van der Waals surface area contributed by atoms with Gasteiger partial charge >= 0.3 is 5.97 Å². The second-order valence-electron chi connectivity index (χ2n) is 5.41. The molecule has 2 rings (SSSR count). The van der Waals surface area contributed by atoms with Crippen LogP contribution in [0.4, 0.5) is 0 Å². The van der Waals surface area contributed by atoms with E-state index in [-0.39, 0.29) is 18.4 Å². The zero-order valence-electron chi connectivity index (χ0n) is 11.1. The summed E-state index contributed by atoms with van der Waals surface area (Å²) in [4.78, 5) is 25.1. The highest BCUT2D eigenvalue weighted by atomic mass is 16.5. The highest BCUT2D eigenvalue weighted by Crippen LogP contribution is 2.30. The largest absolute Gasteiger partial charge is 0.480 e. The van der Waals surface area contributed by atoms with E-state index in [1.807, 2.05) is 0 Å². The fraction of sp³-hybridized carbons (Fsp3) is 0.846. The van der Waals surface area contributed by atoms with Crippen LogP contribution in [0, 0.1) is 11.8 Å². The zero-order chi connectivity index (χ0) is 13.8. The van der Waals surface area contributed by atoms with Crippen LogP contribution in [-0.4, -0.2) is 54.2 Å². The van der Waals surface area contributed by atoms with Crippen molar-refractivity contribution in [1.29, 1.82) is 0 Å². The average molecular weight is 270 g/mol. The summed E-state index contributed by atoms with van der Waals surface area (Å²) >= 11 is 0. The van der Waals surface area contributed by atoms with Crippen molar-refractivity contribution in [3.05, 3.63) is 0 Å². The van der Waals surface area contributed by atoms with Gasteiger partial charge in [0.15, 0.2) is 6.04 Å². The van der Waals surface area contributed by atoms with E-state index in [0.29, 0.717) is 25.6 Å². The summed E-state index contributed by atoms with van der Waals surface area (Å²) < 4.78 is 5.15. The van der Waals surface area contributed by atoms with Gasteiger partial charge in [-0.15, -0.1) is 0 Å². The van der Waals surface area contributed by atoms with Crippen LogP contribution in [0.15, 0.2) is 0 Å². The van der Waals surface area contributed by atoms with Gasteiger partial charge in [0, 0.05) is 12.5 Å². The van der Waals surface area contributed by atoms with Crippen molar-refractivity contribution in [2.45, 2.75) is 31.7 Å². The Hall–Kier alpha value is -1.14. The Morgan fingerprint density at radius 2 is 1.95 bits per heavy atom. The smallest absolute Gasteiger partial charge is 0.328 e. The van der Waals surface area contributed by atoms with Crippen LogP contribution in [0.1, 0.15) is 25.7 Å². The van der Waals surface area contributed by atoms with Crippen LogP contribution in [0.5, 0.6) is 0 Å². The SMILES string of the molecule is NCC1CCC(C(=O)N2CCOCC2C(=O)O)CC1. The molecule has 6 heteroatoms. The summed E-state index contributed by atoms with van der Waals surface area (Å²) in [5.41, 5.74) is 5.64. The van der Waals surface area contributed by atoms with Crippen molar-refractivity contribution in [2.75, 3.05) is 26.3 Å². The standard InChI is InChI=1S/C13H22N2O4/c14-7-9-1-3-10(4-2-9)12(16)15-5-6-19-8-11(15)13(17)18/h9-11H,1-8,14H2,(H,17,18). The van der Waals surface area contributed by atoms with E-state index in [9.17, 15) is 9.59 Å². The number of morpholine rings is 1. The Kier molecular flexibility index (Phi) is 4.76. The molecule has 0 radical (unpaired) electrons. The number of hydrogen-bond acceptors (Lipinski definition) is 4. The number of carbonyl (C=O) groups excluding carboxylic acids is 1. The molecule has 3 N–H and O–H groups in total. The molecule has 0 bridgehead atoms. The topological polar surface area (TPSA) is 92.9 Å². The third-order valence-electron chi connectivity index (χ3n) is 4.23. The first-order chi connectivity index (χ1) is 9.13. The van der Waals surface area contributed by atoms with Gasteiger partial charge in [0.2, 0.25) is 5.91 Å². The van der Waals surface area contributed by atoms with Crippen molar-refractivity contribution in [1.82, 2.24) is 4.90 Å². The maximum atomic E-state index is 12.4. The Morgan fingerprint density at radius 1 is 1.26 bits per heavy atom. The van der Waals surface area contributed by atoms with E-state index in [1.165, 1.54) is 4.90 Å².